The van der Waals surface area contributed by atoms with E-state index in [2.05, 4.69) is 16.6 Å². The van der Waals surface area contributed by atoms with Crippen LogP contribution in [0.4, 0.5) is 0 Å². The molecule has 0 aliphatic heterocycles. The molecule has 0 aromatic heterocycles. The molecule has 0 heterocycles. The zero-order valence-corrected chi connectivity index (χ0v) is 11.9. The summed E-state index contributed by atoms with van der Waals surface area (Å²) in [5, 5.41) is 0.0632. The number of benzene rings is 1. The fourth-order valence-electron chi connectivity index (χ4n) is 1.47. The second-order valence-electron chi connectivity index (χ2n) is 3.82. The predicted molar refractivity (Wildman–Crippen MR) is 76.8 cm³/mol. The lowest BCUT2D eigenvalue weighted by Gasteiger charge is -2.03. The molecule has 0 bridgehead atoms. The molecule has 0 saturated heterocycles. The summed E-state index contributed by atoms with van der Waals surface area (Å²) in [7, 11) is 1.38. The maximum Gasteiger partial charge on any atom is 0.305 e. The minimum absolute atomic E-state index is 0.0632. The van der Waals surface area contributed by atoms with Gasteiger partial charge in [-0.25, -0.2) is 0 Å². The first-order valence-corrected chi connectivity index (χ1v) is 6.89. The van der Waals surface area contributed by atoms with Gasteiger partial charge in [0.05, 0.1) is 12.9 Å². The lowest BCUT2D eigenvalue weighted by molar-refractivity contribution is -0.140. The molecule has 1 rings (SSSR count). The van der Waals surface area contributed by atoms with Gasteiger partial charge in [0.1, 0.15) is 0 Å². The zero-order valence-electron chi connectivity index (χ0n) is 11.1. The van der Waals surface area contributed by atoms with Crippen molar-refractivity contribution in [3.8, 4) is 11.8 Å². The number of hydrogen-bond acceptors (Lipinski definition) is 4. The Morgan fingerprint density at radius 2 is 2.05 bits per heavy atom. The van der Waals surface area contributed by atoms with Crippen molar-refractivity contribution in [2.75, 3.05) is 12.9 Å². The van der Waals surface area contributed by atoms with Gasteiger partial charge < -0.3 is 4.74 Å². The number of methoxy groups -OCH3 is 1. The van der Waals surface area contributed by atoms with Gasteiger partial charge in [0.15, 0.2) is 5.12 Å². The average molecular weight is 276 g/mol. The van der Waals surface area contributed by atoms with Crippen molar-refractivity contribution in [3.05, 3.63) is 35.4 Å². The third-order valence-corrected chi connectivity index (χ3v) is 3.11. The SMILES string of the molecule is COC(=O)CCc1ccccc1C#CCSC(C)=O. The van der Waals surface area contributed by atoms with Crippen molar-refractivity contribution in [1.29, 1.82) is 0 Å². The maximum absolute atomic E-state index is 11.1. The Morgan fingerprint density at radius 3 is 2.74 bits per heavy atom. The van der Waals surface area contributed by atoms with E-state index in [0.29, 0.717) is 18.6 Å². The van der Waals surface area contributed by atoms with E-state index in [0.717, 1.165) is 11.1 Å². The quantitative estimate of drug-likeness (QED) is 0.626. The zero-order chi connectivity index (χ0) is 14.1. The Morgan fingerprint density at radius 1 is 1.32 bits per heavy atom. The molecule has 4 heteroatoms. The van der Waals surface area contributed by atoms with Crippen molar-refractivity contribution in [2.24, 2.45) is 0 Å². The highest BCUT2D eigenvalue weighted by atomic mass is 32.2. The van der Waals surface area contributed by atoms with Crippen molar-refractivity contribution in [2.45, 2.75) is 19.8 Å². The molecule has 0 atom stereocenters. The van der Waals surface area contributed by atoms with Gasteiger partial charge in [-0.15, -0.1) is 0 Å². The van der Waals surface area contributed by atoms with Gasteiger partial charge in [0.25, 0.3) is 0 Å². The molecule has 100 valence electrons. The first kappa shape index (κ1) is 15.3. The summed E-state index contributed by atoms with van der Waals surface area (Å²) in [6, 6.07) is 7.69. The number of thioether (sulfide) groups is 1. The standard InChI is InChI=1S/C15H16O3S/c1-12(16)19-11-5-8-13-6-3-4-7-14(13)9-10-15(17)18-2/h3-4,6-7H,9-11H2,1-2H3. The van der Waals surface area contributed by atoms with Gasteiger partial charge in [0, 0.05) is 18.9 Å². The molecule has 0 radical (unpaired) electrons. The first-order valence-electron chi connectivity index (χ1n) is 5.90. The van der Waals surface area contributed by atoms with Crippen LogP contribution in [0.3, 0.4) is 0 Å². The maximum atomic E-state index is 11.1. The third kappa shape index (κ3) is 6.12. The topological polar surface area (TPSA) is 43.4 Å². The predicted octanol–water partition coefficient (Wildman–Crippen LogP) is 2.42. The van der Waals surface area contributed by atoms with Crippen LogP contribution in [0.2, 0.25) is 0 Å². The van der Waals surface area contributed by atoms with Gasteiger partial charge in [-0.05, 0) is 18.1 Å². The van der Waals surface area contributed by atoms with Crippen LogP contribution in [0.25, 0.3) is 0 Å². The molecule has 0 aliphatic carbocycles. The van der Waals surface area contributed by atoms with Crippen molar-refractivity contribution < 1.29 is 14.3 Å². The molecule has 0 amide bonds. The smallest absolute Gasteiger partial charge is 0.305 e. The first-order chi connectivity index (χ1) is 9.13. The van der Waals surface area contributed by atoms with Crippen molar-refractivity contribution in [3.63, 3.8) is 0 Å². The highest BCUT2D eigenvalue weighted by Crippen LogP contribution is 2.10. The summed E-state index contributed by atoms with van der Waals surface area (Å²) in [6.45, 7) is 1.52. The van der Waals surface area contributed by atoms with Gasteiger partial charge in [-0.1, -0.05) is 41.8 Å². The van der Waals surface area contributed by atoms with E-state index in [-0.39, 0.29) is 11.1 Å². The van der Waals surface area contributed by atoms with Crippen molar-refractivity contribution in [1.82, 2.24) is 0 Å². The Kier molecular flexibility index (Phi) is 6.76. The molecule has 1 aromatic carbocycles. The second kappa shape index (κ2) is 8.39. The molecule has 3 nitrogen and oxygen atoms in total. The highest BCUT2D eigenvalue weighted by molar-refractivity contribution is 8.13. The number of carbonyl (C=O) groups excluding carboxylic acids is 2. The normalized spacial score (nSPS) is 9.37. The Balaban J connectivity index is 2.67. The second-order valence-corrected chi connectivity index (χ2v) is 4.97. The minimum atomic E-state index is -0.227. The number of carbonyl (C=O) groups is 2. The summed E-state index contributed by atoms with van der Waals surface area (Å²) in [4.78, 5) is 21.9. The number of esters is 1. The van der Waals surface area contributed by atoms with Crippen LogP contribution in [0.1, 0.15) is 24.5 Å². The molecular formula is C15H16O3S. The van der Waals surface area contributed by atoms with E-state index >= 15 is 0 Å². The number of hydrogen-bond donors (Lipinski definition) is 0. The molecule has 0 spiro atoms. The Labute approximate surface area is 117 Å². The monoisotopic (exact) mass is 276 g/mol. The lowest BCUT2D eigenvalue weighted by atomic mass is 10.0. The highest BCUT2D eigenvalue weighted by Gasteiger charge is 2.04. The molecular weight excluding hydrogens is 260 g/mol. The van der Waals surface area contributed by atoms with Crippen LogP contribution in [-0.2, 0) is 20.7 Å². The van der Waals surface area contributed by atoms with E-state index in [9.17, 15) is 9.59 Å². The number of aryl methyl sites for hydroxylation is 1. The molecule has 0 aliphatic rings. The van der Waals surface area contributed by atoms with Gasteiger partial charge >= 0.3 is 5.97 Å². The Hall–Kier alpha value is -1.73. The number of rotatable bonds is 4. The fourth-order valence-corrected chi connectivity index (χ4v) is 1.82. The molecule has 0 unspecified atom stereocenters. The minimum Gasteiger partial charge on any atom is -0.469 e. The summed E-state index contributed by atoms with van der Waals surface area (Å²) in [5.41, 5.74) is 1.92. The Bertz CT molecular complexity index is 512. The molecule has 0 saturated carbocycles. The summed E-state index contributed by atoms with van der Waals surface area (Å²) >= 11 is 1.19. The van der Waals surface area contributed by atoms with E-state index < -0.39 is 0 Å². The largest absolute Gasteiger partial charge is 0.469 e. The van der Waals surface area contributed by atoms with Crippen LogP contribution >= 0.6 is 11.8 Å². The molecule has 0 fully saturated rings. The summed E-state index contributed by atoms with van der Waals surface area (Å²) < 4.78 is 4.62. The molecule has 19 heavy (non-hydrogen) atoms. The molecule has 1 aromatic rings. The van der Waals surface area contributed by atoms with Crippen molar-refractivity contribution >= 4 is 22.8 Å². The number of ether oxygens (including phenoxy) is 1. The lowest BCUT2D eigenvalue weighted by Crippen LogP contribution is -2.02. The van der Waals surface area contributed by atoms with E-state index in [4.69, 9.17) is 0 Å². The van der Waals surface area contributed by atoms with Gasteiger partial charge in [0.2, 0.25) is 0 Å². The van der Waals surface area contributed by atoms with Crippen LogP contribution in [0.5, 0.6) is 0 Å². The van der Waals surface area contributed by atoms with Gasteiger partial charge in [-0.2, -0.15) is 0 Å². The van der Waals surface area contributed by atoms with Crippen LogP contribution in [0.15, 0.2) is 24.3 Å². The third-order valence-electron chi connectivity index (χ3n) is 2.41. The van der Waals surface area contributed by atoms with E-state index in [1.807, 2.05) is 24.3 Å². The van der Waals surface area contributed by atoms with Gasteiger partial charge in [-0.3, -0.25) is 9.59 Å². The van der Waals surface area contributed by atoms with Crippen LogP contribution < -0.4 is 0 Å². The van der Waals surface area contributed by atoms with Crippen LogP contribution in [-0.4, -0.2) is 23.9 Å². The molecule has 0 N–H and O–H groups in total. The summed E-state index contributed by atoms with van der Waals surface area (Å²) in [5.74, 6) is 6.25. The average Bonchev–Trinajstić information content (AvgIpc) is 2.41. The van der Waals surface area contributed by atoms with E-state index in [1.165, 1.54) is 25.8 Å². The van der Waals surface area contributed by atoms with E-state index in [1.54, 1.807) is 0 Å². The van der Waals surface area contributed by atoms with Crippen LogP contribution in [0, 0.1) is 11.8 Å². The fraction of sp³-hybridized carbons (Fsp3) is 0.333. The summed E-state index contributed by atoms with van der Waals surface area (Å²) in [6.07, 6.45) is 0.953.